The summed E-state index contributed by atoms with van der Waals surface area (Å²) >= 11 is 0. The second kappa shape index (κ2) is 7.92. The number of anilines is 1. The summed E-state index contributed by atoms with van der Waals surface area (Å²) < 4.78 is 26.4. The Morgan fingerprint density at radius 2 is 1.83 bits per heavy atom. The first kappa shape index (κ1) is 17.9. The van der Waals surface area contributed by atoms with Gasteiger partial charge in [-0.25, -0.2) is 8.42 Å². The van der Waals surface area contributed by atoms with Crippen molar-refractivity contribution in [3.8, 4) is 0 Å². The molecule has 128 valence electrons. The van der Waals surface area contributed by atoms with E-state index in [9.17, 15) is 13.2 Å². The van der Waals surface area contributed by atoms with Crippen LogP contribution in [0, 0.1) is 0 Å². The molecule has 1 amide bonds. The number of nitrogens with one attached hydrogen (secondary N) is 2. The molecule has 1 unspecified atom stereocenters. The zero-order valence-corrected chi connectivity index (χ0v) is 14.5. The van der Waals surface area contributed by atoms with Gasteiger partial charge in [-0.15, -0.1) is 0 Å². The van der Waals surface area contributed by atoms with Gasteiger partial charge < -0.3 is 5.32 Å². The zero-order chi connectivity index (χ0) is 17.6. The molecule has 0 aliphatic rings. The number of sulfonamides is 1. The molecule has 24 heavy (non-hydrogen) atoms. The molecule has 0 aliphatic heterocycles. The van der Waals surface area contributed by atoms with Crippen molar-refractivity contribution in [3.63, 3.8) is 0 Å². The van der Waals surface area contributed by atoms with Crippen LogP contribution < -0.4 is 10.0 Å². The fourth-order valence-corrected chi connectivity index (χ4v) is 3.42. The first-order chi connectivity index (χ1) is 11.4. The molecule has 0 spiro atoms. The highest BCUT2D eigenvalue weighted by Gasteiger charge is 2.17. The van der Waals surface area contributed by atoms with Crippen LogP contribution in [0.5, 0.6) is 0 Å². The number of hydrogen-bond donors (Lipinski definition) is 2. The standard InChI is InChI=1S/C17H21N3O3S/c1-3-12-24(22,23)20-16-7-5-4-6-15(16)17(21)19-13(2)14-8-10-18-11-9-14/h4-11,13,20H,3,12H2,1-2H3,(H,19,21). The molecule has 6 nitrogen and oxygen atoms in total. The van der Waals surface area contributed by atoms with E-state index in [2.05, 4.69) is 15.0 Å². The molecule has 1 aromatic heterocycles. The van der Waals surface area contributed by atoms with Gasteiger partial charge in [0.25, 0.3) is 5.91 Å². The summed E-state index contributed by atoms with van der Waals surface area (Å²) in [7, 11) is -3.46. The van der Waals surface area contributed by atoms with E-state index in [0.717, 1.165) is 5.56 Å². The molecular weight excluding hydrogens is 326 g/mol. The number of hydrogen-bond acceptors (Lipinski definition) is 4. The number of carbonyl (C=O) groups is 1. The van der Waals surface area contributed by atoms with Crippen LogP contribution in [0.1, 0.15) is 42.2 Å². The minimum absolute atomic E-state index is 0.0103. The Kier molecular flexibility index (Phi) is 5.92. The molecule has 0 fully saturated rings. The Morgan fingerprint density at radius 1 is 1.17 bits per heavy atom. The highest BCUT2D eigenvalue weighted by molar-refractivity contribution is 7.92. The predicted octanol–water partition coefficient (Wildman–Crippen LogP) is 2.72. The fraction of sp³-hybridized carbons (Fsp3) is 0.294. The van der Waals surface area contributed by atoms with E-state index < -0.39 is 10.0 Å². The molecule has 1 atom stereocenters. The third-order valence-electron chi connectivity index (χ3n) is 3.46. The van der Waals surface area contributed by atoms with Crippen LogP contribution in [0.15, 0.2) is 48.8 Å². The van der Waals surface area contributed by atoms with Crippen molar-refractivity contribution >= 4 is 21.6 Å². The third kappa shape index (κ3) is 4.79. The van der Waals surface area contributed by atoms with Gasteiger partial charge in [0.05, 0.1) is 23.0 Å². The average molecular weight is 347 g/mol. The monoisotopic (exact) mass is 347 g/mol. The predicted molar refractivity (Wildman–Crippen MR) is 94.3 cm³/mol. The molecule has 0 saturated carbocycles. The SMILES string of the molecule is CCCS(=O)(=O)Nc1ccccc1C(=O)NC(C)c1ccncc1. The summed E-state index contributed by atoms with van der Waals surface area (Å²) in [5.41, 5.74) is 1.49. The number of para-hydroxylation sites is 1. The number of rotatable bonds is 7. The maximum Gasteiger partial charge on any atom is 0.253 e. The van der Waals surface area contributed by atoms with Gasteiger partial charge in [-0.2, -0.15) is 0 Å². The van der Waals surface area contributed by atoms with E-state index in [-0.39, 0.29) is 29.0 Å². The molecular formula is C17H21N3O3S. The van der Waals surface area contributed by atoms with Gasteiger partial charge in [0.15, 0.2) is 0 Å². The summed E-state index contributed by atoms with van der Waals surface area (Å²) in [5.74, 6) is -0.328. The van der Waals surface area contributed by atoms with Crippen molar-refractivity contribution in [2.45, 2.75) is 26.3 Å². The zero-order valence-electron chi connectivity index (χ0n) is 13.7. The highest BCUT2D eigenvalue weighted by Crippen LogP contribution is 2.19. The number of pyridine rings is 1. The maximum atomic E-state index is 12.5. The van der Waals surface area contributed by atoms with Crippen LogP contribution in [0.3, 0.4) is 0 Å². The van der Waals surface area contributed by atoms with Crippen LogP contribution in [0.25, 0.3) is 0 Å². The number of benzene rings is 1. The van der Waals surface area contributed by atoms with Crippen molar-refractivity contribution < 1.29 is 13.2 Å². The normalized spacial score (nSPS) is 12.4. The molecule has 2 rings (SSSR count). The Balaban J connectivity index is 2.18. The van der Waals surface area contributed by atoms with Crippen molar-refractivity contribution in [2.24, 2.45) is 0 Å². The van der Waals surface area contributed by atoms with E-state index in [1.807, 2.05) is 19.1 Å². The molecule has 0 saturated heterocycles. The fourth-order valence-electron chi connectivity index (χ4n) is 2.27. The lowest BCUT2D eigenvalue weighted by Crippen LogP contribution is -2.28. The summed E-state index contributed by atoms with van der Waals surface area (Å²) in [4.78, 5) is 16.5. The van der Waals surface area contributed by atoms with Crippen LogP contribution >= 0.6 is 0 Å². The number of carbonyl (C=O) groups excluding carboxylic acids is 1. The lowest BCUT2D eigenvalue weighted by atomic mass is 10.1. The van der Waals surface area contributed by atoms with Gasteiger partial charge in [0.1, 0.15) is 0 Å². The molecule has 1 heterocycles. The number of aromatic nitrogens is 1. The van der Waals surface area contributed by atoms with E-state index >= 15 is 0 Å². The van der Waals surface area contributed by atoms with Crippen LogP contribution in [0.4, 0.5) is 5.69 Å². The maximum absolute atomic E-state index is 12.5. The molecule has 2 aromatic rings. The van der Waals surface area contributed by atoms with Gasteiger partial charge >= 0.3 is 0 Å². The van der Waals surface area contributed by atoms with Crippen LogP contribution in [-0.4, -0.2) is 25.1 Å². The molecule has 2 N–H and O–H groups in total. The first-order valence-electron chi connectivity index (χ1n) is 7.73. The summed E-state index contributed by atoms with van der Waals surface area (Å²) in [5, 5.41) is 2.87. The van der Waals surface area contributed by atoms with Gasteiger partial charge in [0, 0.05) is 12.4 Å². The number of nitrogens with zero attached hydrogens (tertiary/aromatic N) is 1. The number of amides is 1. The van der Waals surface area contributed by atoms with Gasteiger partial charge in [0.2, 0.25) is 10.0 Å². The van der Waals surface area contributed by atoms with E-state index in [1.54, 1.807) is 43.6 Å². The van der Waals surface area contributed by atoms with Gasteiger partial charge in [-0.05, 0) is 43.2 Å². The second-order valence-corrected chi connectivity index (χ2v) is 7.28. The Bertz CT molecular complexity index is 792. The second-order valence-electron chi connectivity index (χ2n) is 5.44. The van der Waals surface area contributed by atoms with E-state index in [0.29, 0.717) is 6.42 Å². The molecule has 0 radical (unpaired) electrons. The molecule has 7 heteroatoms. The topological polar surface area (TPSA) is 88.2 Å². The quantitative estimate of drug-likeness (QED) is 0.806. The average Bonchev–Trinajstić information content (AvgIpc) is 2.55. The first-order valence-corrected chi connectivity index (χ1v) is 9.38. The lowest BCUT2D eigenvalue weighted by Gasteiger charge is -2.16. The third-order valence-corrected chi connectivity index (χ3v) is 4.94. The van der Waals surface area contributed by atoms with Crippen molar-refractivity contribution in [1.29, 1.82) is 0 Å². The van der Waals surface area contributed by atoms with Crippen molar-refractivity contribution in [1.82, 2.24) is 10.3 Å². The minimum atomic E-state index is -3.46. The Labute approximate surface area is 142 Å². The Hall–Kier alpha value is -2.41. The largest absolute Gasteiger partial charge is 0.345 e. The lowest BCUT2D eigenvalue weighted by molar-refractivity contribution is 0.0941. The summed E-state index contributed by atoms with van der Waals surface area (Å²) in [6.07, 6.45) is 3.82. The smallest absolute Gasteiger partial charge is 0.253 e. The molecule has 0 bridgehead atoms. The summed E-state index contributed by atoms with van der Waals surface area (Å²) in [6.45, 7) is 3.64. The molecule has 0 aliphatic carbocycles. The minimum Gasteiger partial charge on any atom is -0.345 e. The van der Waals surface area contributed by atoms with Crippen LogP contribution in [-0.2, 0) is 10.0 Å². The molecule has 1 aromatic carbocycles. The van der Waals surface area contributed by atoms with E-state index in [1.165, 1.54) is 0 Å². The Morgan fingerprint density at radius 3 is 2.50 bits per heavy atom. The van der Waals surface area contributed by atoms with Crippen LogP contribution in [0.2, 0.25) is 0 Å². The van der Waals surface area contributed by atoms with Crippen molar-refractivity contribution in [2.75, 3.05) is 10.5 Å². The van der Waals surface area contributed by atoms with Crippen molar-refractivity contribution in [3.05, 3.63) is 59.9 Å². The summed E-state index contributed by atoms with van der Waals surface area (Å²) in [6, 6.07) is 9.98. The highest BCUT2D eigenvalue weighted by atomic mass is 32.2. The van der Waals surface area contributed by atoms with Gasteiger partial charge in [-0.1, -0.05) is 19.1 Å². The van der Waals surface area contributed by atoms with Gasteiger partial charge in [-0.3, -0.25) is 14.5 Å². The van der Waals surface area contributed by atoms with E-state index in [4.69, 9.17) is 0 Å².